The van der Waals surface area contributed by atoms with Crippen LogP contribution < -0.4 is 10.6 Å². The van der Waals surface area contributed by atoms with Crippen molar-refractivity contribution in [3.63, 3.8) is 0 Å². The van der Waals surface area contributed by atoms with Crippen molar-refractivity contribution in [3.8, 4) is 12.3 Å². The number of carbonyl (C=O) groups is 3. The van der Waals surface area contributed by atoms with E-state index >= 15 is 0 Å². The maximum absolute atomic E-state index is 13.9. The average Bonchev–Trinajstić information content (AvgIpc) is 3.13. The summed E-state index contributed by atoms with van der Waals surface area (Å²) in [6, 6.07) is 17.7. The van der Waals surface area contributed by atoms with Crippen molar-refractivity contribution in [2.24, 2.45) is 17.8 Å². The number of fused-ring (bicyclic) bond motifs is 1. The number of nitrogens with one attached hydrogen (secondary N) is 2. The van der Waals surface area contributed by atoms with Crippen LogP contribution in [-0.4, -0.2) is 75.7 Å². The number of amides is 3. The largest absolute Gasteiger partial charge is 0.390 e. The molecule has 0 bridgehead atoms. The number of carbonyl (C=O) groups excluding carboxylic acids is 3. The number of aromatic nitrogens is 1. The maximum atomic E-state index is 13.9. The molecule has 0 unspecified atom stereocenters. The predicted octanol–water partition coefficient (Wildman–Crippen LogP) is 5.22. The third kappa shape index (κ3) is 12.5. The first kappa shape index (κ1) is 39.5. The highest BCUT2D eigenvalue weighted by molar-refractivity contribution is 5.91. The van der Waals surface area contributed by atoms with Gasteiger partial charge in [0, 0.05) is 50.1 Å². The third-order valence-electron chi connectivity index (χ3n) is 10.0. The fourth-order valence-electron chi connectivity index (χ4n) is 7.05. The zero-order valence-electron chi connectivity index (χ0n) is 30.5. The SMILES string of the molecule is C#CC[C@H](NC(=O)[C@@H](CC(=O)N(C)CCc1cc2ccccc2cn1)Cc1ccccc1)C(=O)N[C@@H](CC1CCCCC1)[C@@H](O)[C@@H](O)CC(C)C. The summed E-state index contributed by atoms with van der Waals surface area (Å²) in [5, 5.41) is 30.0. The van der Waals surface area contributed by atoms with Crippen molar-refractivity contribution in [2.75, 3.05) is 13.6 Å². The molecule has 0 spiro atoms. The molecule has 0 radical (unpaired) electrons. The van der Waals surface area contributed by atoms with Gasteiger partial charge in [-0.1, -0.05) is 101 Å². The minimum absolute atomic E-state index is 0.0584. The Kier molecular flexibility index (Phi) is 15.5. The lowest BCUT2D eigenvalue weighted by Gasteiger charge is -2.33. The summed E-state index contributed by atoms with van der Waals surface area (Å²) >= 11 is 0. The van der Waals surface area contributed by atoms with Crippen molar-refractivity contribution in [1.29, 1.82) is 0 Å². The van der Waals surface area contributed by atoms with Crippen LogP contribution in [0.15, 0.2) is 66.9 Å². The molecule has 4 N–H and O–H groups in total. The summed E-state index contributed by atoms with van der Waals surface area (Å²) in [5.74, 6) is 1.08. The third-order valence-corrected chi connectivity index (χ3v) is 10.0. The molecular formula is C42H56N4O5. The average molecular weight is 697 g/mol. The van der Waals surface area contributed by atoms with Crippen molar-refractivity contribution in [1.82, 2.24) is 20.5 Å². The highest BCUT2D eigenvalue weighted by Crippen LogP contribution is 2.29. The Morgan fingerprint density at radius 3 is 2.33 bits per heavy atom. The van der Waals surface area contributed by atoms with Crippen LogP contribution in [0.25, 0.3) is 10.8 Å². The second-order valence-electron chi connectivity index (χ2n) is 14.7. The quantitative estimate of drug-likeness (QED) is 0.135. The van der Waals surface area contributed by atoms with Gasteiger partial charge in [-0.2, -0.15) is 0 Å². The number of nitrogens with zero attached hydrogens (tertiary/aromatic N) is 2. The Morgan fingerprint density at radius 1 is 0.961 bits per heavy atom. The lowest BCUT2D eigenvalue weighted by Crippen LogP contribution is -2.56. The van der Waals surface area contributed by atoms with Gasteiger partial charge in [-0.25, -0.2) is 0 Å². The number of terminal acetylenes is 1. The van der Waals surface area contributed by atoms with Gasteiger partial charge in [-0.15, -0.1) is 12.3 Å². The molecule has 0 saturated heterocycles. The summed E-state index contributed by atoms with van der Waals surface area (Å²) in [6.07, 6.45) is 12.4. The zero-order chi connectivity index (χ0) is 36.8. The lowest BCUT2D eigenvalue weighted by molar-refractivity contribution is -0.136. The molecule has 1 heterocycles. The Balaban J connectivity index is 1.45. The number of hydrogen-bond donors (Lipinski definition) is 4. The predicted molar refractivity (Wildman–Crippen MR) is 201 cm³/mol. The Morgan fingerprint density at radius 2 is 1.65 bits per heavy atom. The van der Waals surface area contributed by atoms with Gasteiger partial charge in [-0.3, -0.25) is 19.4 Å². The van der Waals surface area contributed by atoms with Crippen LogP contribution in [0.5, 0.6) is 0 Å². The highest BCUT2D eigenvalue weighted by Gasteiger charge is 2.34. The maximum Gasteiger partial charge on any atom is 0.243 e. The number of rotatable bonds is 18. The van der Waals surface area contributed by atoms with E-state index in [0.29, 0.717) is 38.1 Å². The topological polar surface area (TPSA) is 132 Å². The molecule has 274 valence electrons. The number of hydrogen-bond acceptors (Lipinski definition) is 6. The molecule has 5 atom stereocenters. The van der Waals surface area contributed by atoms with Gasteiger partial charge < -0.3 is 25.7 Å². The minimum atomic E-state index is -1.16. The first-order chi connectivity index (χ1) is 24.5. The lowest BCUT2D eigenvalue weighted by atomic mass is 9.82. The van der Waals surface area contributed by atoms with Crippen LogP contribution in [-0.2, 0) is 27.2 Å². The Hall–Kier alpha value is -4.26. The first-order valence-corrected chi connectivity index (χ1v) is 18.6. The molecule has 4 rings (SSSR count). The van der Waals surface area contributed by atoms with Crippen LogP contribution in [0.1, 0.15) is 82.9 Å². The molecule has 1 aromatic heterocycles. The van der Waals surface area contributed by atoms with Crippen molar-refractivity contribution in [3.05, 3.63) is 78.1 Å². The Bertz CT molecular complexity index is 1600. The number of aliphatic hydroxyl groups is 2. The fourth-order valence-corrected chi connectivity index (χ4v) is 7.05. The van der Waals surface area contributed by atoms with E-state index in [2.05, 4.69) is 21.5 Å². The van der Waals surface area contributed by atoms with E-state index in [-0.39, 0.29) is 24.7 Å². The van der Waals surface area contributed by atoms with E-state index in [1.807, 2.05) is 80.7 Å². The van der Waals surface area contributed by atoms with Gasteiger partial charge in [0.25, 0.3) is 0 Å². The summed E-state index contributed by atoms with van der Waals surface area (Å²) in [6.45, 7) is 4.37. The van der Waals surface area contributed by atoms with Gasteiger partial charge in [0.1, 0.15) is 12.1 Å². The number of benzene rings is 2. The van der Waals surface area contributed by atoms with E-state index in [1.54, 1.807) is 11.9 Å². The molecule has 51 heavy (non-hydrogen) atoms. The fraction of sp³-hybridized carbons (Fsp3) is 0.524. The molecule has 1 aliphatic carbocycles. The minimum Gasteiger partial charge on any atom is -0.390 e. The number of aliphatic hydroxyl groups excluding tert-OH is 2. The molecule has 2 aromatic carbocycles. The van der Waals surface area contributed by atoms with Crippen LogP contribution in [0.2, 0.25) is 0 Å². The van der Waals surface area contributed by atoms with E-state index < -0.39 is 42.0 Å². The van der Waals surface area contributed by atoms with Crippen LogP contribution >= 0.6 is 0 Å². The van der Waals surface area contributed by atoms with Crippen molar-refractivity contribution >= 4 is 28.5 Å². The molecule has 3 aromatic rings. The normalized spacial score (nSPS) is 16.4. The van der Waals surface area contributed by atoms with Gasteiger partial charge in [0.2, 0.25) is 17.7 Å². The van der Waals surface area contributed by atoms with Crippen molar-refractivity contribution < 1.29 is 24.6 Å². The molecule has 0 aliphatic heterocycles. The highest BCUT2D eigenvalue weighted by atomic mass is 16.3. The molecule has 1 fully saturated rings. The van der Waals surface area contributed by atoms with Crippen LogP contribution in [0.3, 0.4) is 0 Å². The number of pyridine rings is 1. The first-order valence-electron chi connectivity index (χ1n) is 18.6. The van der Waals surface area contributed by atoms with Crippen LogP contribution in [0, 0.1) is 30.1 Å². The molecular weight excluding hydrogens is 640 g/mol. The smallest absolute Gasteiger partial charge is 0.243 e. The van der Waals surface area contributed by atoms with E-state index in [0.717, 1.165) is 47.7 Å². The summed E-state index contributed by atoms with van der Waals surface area (Å²) in [4.78, 5) is 47.4. The molecule has 9 nitrogen and oxygen atoms in total. The monoisotopic (exact) mass is 696 g/mol. The van der Waals surface area contributed by atoms with Gasteiger partial charge in [-0.05, 0) is 48.1 Å². The number of likely N-dealkylation sites (N-methyl/N-ethyl adjacent to an activating group) is 1. The second-order valence-corrected chi connectivity index (χ2v) is 14.7. The van der Waals surface area contributed by atoms with E-state index in [4.69, 9.17) is 6.42 Å². The summed E-state index contributed by atoms with van der Waals surface area (Å²) in [5.41, 5.74) is 1.76. The molecule has 1 saturated carbocycles. The van der Waals surface area contributed by atoms with Crippen molar-refractivity contribution in [2.45, 2.75) is 109 Å². The molecule has 9 heteroatoms. The summed E-state index contributed by atoms with van der Waals surface area (Å²) in [7, 11) is 1.72. The van der Waals surface area contributed by atoms with Crippen LogP contribution in [0.4, 0.5) is 0 Å². The van der Waals surface area contributed by atoms with Gasteiger partial charge in [0.05, 0.1) is 18.1 Å². The molecule has 1 aliphatic rings. The second kappa shape index (κ2) is 20.0. The van der Waals surface area contributed by atoms with Gasteiger partial charge in [0.15, 0.2) is 0 Å². The van der Waals surface area contributed by atoms with E-state index in [1.165, 1.54) is 6.42 Å². The van der Waals surface area contributed by atoms with E-state index in [9.17, 15) is 24.6 Å². The standard InChI is InChI=1S/C42H56N4O5/c1-5-14-36(42(51)45-37(25-31-17-10-7-11-18-31)40(49)38(47)23-29(2)3)44-41(50)34(24-30-15-8-6-9-16-30)27-39(48)46(4)22-21-35-26-32-19-12-13-20-33(32)28-43-35/h1,6,8-9,12-13,15-16,19-20,26,28-29,31,34,36-38,40,47,49H,7,10-11,14,17-18,21-25,27H2,2-4H3,(H,44,50)(H,45,51)/t34-,36+,37+,38+,40-/m1/s1. The summed E-state index contributed by atoms with van der Waals surface area (Å²) < 4.78 is 0. The zero-order valence-corrected chi connectivity index (χ0v) is 30.5. The molecule has 3 amide bonds. The Labute approximate surface area is 303 Å². The van der Waals surface area contributed by atoms with Gasteiger partial charge >= 0.3 is 0 Å².